The van der Waals surface area contributed by atoms with Crippen LogP contribution < -0.4 is 20.3 Å². The molecule has 4 aliphatic heterocycles. The number of pyridine rings is 1. The van der Waals surface area contributed by atoms with E-state index in [4.69, 9.17) is 4.74 Å². The van der Waals surface area contributed by atoms with Gasteiger partial charge in [-0.1, -0.05) is 63.7 Å². The van der Waals surface area contributed by atoms with Crippen LogP contribution >= 0.6 is 11.3 Å². The second-order valence-corrected chi connectivity index (χ2v) is 24.7. The van der Waals surface area contributed by atoms with Crippen molar-refractivity contribution in [3.8, 4) is 21.6 Å². The van der Waals surface area contributed by atoms with E-state index in [1.54, 1.807) is 28.5 Å². The molecule has 2 amide bonds. The molecule has 6 aromatic rings. The van der Waals surface area contributed by atoms with Gasteiger partial charge in [0.05, 0.1) is 52.1 Å². The molecule has 418 valence electrons. The van der Waals surface area contributed by atoms with Crippen molar-refractivity contribution in [3.05, 3.63) is 131 Å². The van der Waals surface area contributed by atoms with Gasteiger partial charge in [-0.05, 0) is 78.1 Å². The van der Waals surface area contributed by atoms with Crippen LogP contribution in [0.1, 0.15) is 67.2 Å². The Morgan fingerprint density at radius 1 is 0.962 bits per heavy atom. The van der Waals surface area contributed by atoms with Gasteiger partial charge in [-0.15, -0.1) is 11.3 Å². The molecule has 79 heavy (non-hydrogen) atoms. The van der Waals surface area contributed by atoms with E-state index in [0.29, 0.717) is 60.9 Å². The Kier molecular flexibility index (Phi) is 16.1. The number of nitrogens with zero attached hydrogens (tertiary/aromatic N) is 6. The van der Waals surface area contributed by atoms with E-state index in [9.17, 15) is 32.3 Å². The number of anilines is 2. The lowest BCUT2D eigenvalue weighted by atomic mass is 9.85. The lowest BCUT2D eigenvalue weighted by Crippen LogP contribution is -2.59. The lowest BCUT2D eigenvalue weighted by molar-refractivity contribution is -0.140. The maximum absolute atomic E-state index is 15.8. The molecule has 17 nitrogen and oxygen atoms in total. The Morgan fingerprint density at radius 2 is 1.70 bits per heavy atom. The first kappa shape index (κ1) is 55.6. The van der Waals surface area contributed by atoms with E-state index in [-0.39, 0.29) is 49.5 Å². The molecule has 3 aromatic carbocycles. The predicted molar refractivity (Wildman–Crippen MR) is 297 cm³/mol. The average Bonchev–Trinajstić information content (AvgIpc) is 4.42. The summed E-state index contributed by atoms with van der Waals surface area (Å²) in [6.45, 7) is 15.9. The number of aliphatic hydroxyl groups excluding tert-OH is 1. The number of benzene rings is 3. The average molecular weight is 1120 g/mol. The summed E-state index contributed by atoms with van der Waals surface area (Å²) in [6.07, 6.45) is 2.12. The number of hydrogen-bond donors (Lipinski definition) is 5. The van der Waals surface area contributed by atoms with Crippen molar-refractivity contribution in [2.75, 3.05) is 68.6 Å². The maximum atomic E-state index is 15.8. The van der Waals surface area contributed by atoms with Crippen LogP contribution in [-0.2, 0) is 31.1 Å². The van der Waals surface area contributed by atoms with Crippen molar-refractivity contribution in [3.63, 3.8) is 0 Å². The lowest BCUT2D eigenvalue weighted by Gasteiger charge is -2.42. The summed E-state index contributed by atoms with van der Waals surface area (Å²) >= 11 is 1.61. The van der Waals surface area contributed by atoms with Gasteiger partial charge >= 0.3 is 10.2 Å². The van der Waals surface area contributed by atoms with Crippen LogP contribution in [0.2, 0.25) is 0 Å². The first-order valence-corrected chi connectivity index (χ1v) is 28.8. The van der Waals surface area contributed by atoms with Gasteiger partial charge in [-0.2, -0.15) is 12.7 Å². The summed E-state index contributed by atoms with van der Waals surface area (Å²) in [5.41, 5.74) is 6.12. The quantitative estimate of drug-likeness (QED) is 0.0482. The Bertz CT molecular complexity index is 3360. The van der Waals surface area contributed by atoms with E-state index in [1.165, 1.54) is 6.20 Å². The first-order chi connectivity index (χ1) is 37.7. The van der Waals surface area contributed by atoms with E-state index in [0.717, 1.165) is 68.9 Å². The SMILES string of the molecule is C=C(NCc1ccc(-c2scnc2C)cc1)[C@@H]1C[C@@H](O)CN1C(=O)[C@@H](NC(=O)CN1CC(CCOC2CN(c3ccc(-c4cnc5[nH]cc(C(=O)c6c(F)ccc(NS(=O)(=O)N7CC[C@@H](F)C7)c6F)c5c4)cc3)C2)C1)C(C)(C)C. The molecular formula is C57H65F3N10O7S2. The van der Waals surface area contributed by atoms with Crippen molar-refractivity contribution >= 4 is 61.6 Å². The van der Waals surface area contributed by atoms with Crippen molar-refractivity contribution in [1.82, 2.24) is 39.7 Å². The second kappa shape index (κ2) is 22.8. The molecule has 7 heterocycles. The smallest absolute Gasteiger partial charge is 0.301 e. The van der Waals surface area contributed by atoms with E-state index in [2.05, 4.69) is 66.2 Å². The normalized spacial score (nSPS) is 19.8. The number of H-pyrrole nitrogens is 1. The molecule has 4 saturated heterocycles. The van der Waals surface area contributed by atoms with Crippen LogP contribution in [0.25, 0.3) is 32.6 Å². The Morgan fingerprint density at radius 3 is 2.38 bits per heavy atom. The van der Waals surface area contributed by atoms with E-state index >= 15 is 8.78 Å². The third kappa shape index (κ3) is 12.2. The number of aliphatic hydroxyl groups is 1. The predicted octanol–water partition coefficient (Wildman–Crippen LogP) is 7.19. The largest absolute Gasteiger partial charge is 0.391 e. The highest BCUT2D eigenvalue weighted by atomic mass is 32.2. The fraction of sp³-hybridized carbons (Fsp3) is 0.421. The van der Waals surface area contributed by atoms with Gasteiger partial charge in [-0.25, -0.2) is 23.1 Å². The molecule has 22 heteroatoms. The monoisotopic (exact) mass is 1120 g/mol. The molecule has 4 atom stereocenters. The summed E-state index contributed by atoms with van der Waals surface area (Å²) in [5.74, 6) is -3.69. The number of rotatable bonds is 20. The number of nitrogens with one attached hydrogen (secondary N) is 4. The van der Waals surface area contributed by atoms with Crippen molar-refractivity contribution < 1.29 is 45.8 Å². The number of carbonyl (C=O) groups is 3. The molecule has 0 spiro atoms. The molecule has 0 radical (unpaired) electrons. The summed E-state index contributed by atoms with van der Waals surface area (Å²) in [6, 6.07) is 18.2. The fourth-order valence-corrected chi connectivity index (χ4v) is 12.8. The molecular weight excluding hydrogens is 1060 g/mol. The minimum absolute atomic E-state index is 0.00490. The molecule has 0 unspecified atom stereocenters. The number of ether oxygens (including phenoxy) is 1. The number of hydrogen-bond acceptors (Lipinski definition) is 13. The van der Waals surface area contributed by atoms with Crippen LogP contribution in [0.3, 0.4) is 0 Å². The van der Waals surface area contributed by atoms with Crippen molar-refractivity contribution in [2.24, 2.45) is 11.3 Å². The highest BCUT2D eigenvalue weighted by molar-refractivity contribution is 7.90. The standard InChI is InChI=1S/C57H65F3N10O7S2/c1-33(61-22-35-6-8-38(9-7-35)53-34(2)64-32-78-53)48-21-42(71)28-70(48)56(74)54(57(3,4)5)65-49(72)31-67-25-36(26-67)17-19-77-43-29-68(30-43)41-12-10-37(11-13-41)39-20-44-45(24-63-55(44)62-23-39)52(73)50-46(59)14-15-47(51(50)60)66-79(75,76)69-18-16-40(58)27-69/h6-15,20,23-24,32,36,40,42-43,48,54,61,66,71H,1,16-19,21-22,25-31H2,2-5H3,(H,62,63)(H,65,72)/t40-,42-,48+,54-/m1/s1. The Balaban J connectivity index is 0.656. The van der Waals surface area contributed by atoms with E-state index < -0.39 is 75.2 Å². The molecule has 0 bridgehead atoms. The van der Waals surface area contributed by atoms with Gasteiger partial charge in [0.15, 0.2) is 5.82 Å². The van der Waals surface area contributed by atoms with E-state index in [1.807, 2.05) is 62.2 Å². The zero-order chi connectivity index (χ0) is 55.9. The number of alkyl halides is 1. The fourth-order valence-electron chi connectivity index (χ4n) is 10.7. The maximum Gasteiger partial charge on any atom is 0.301 e. The van der Waals surface area contributed by atoms with Crippen LogP contribution in [0, 0.1) is 29.9 Å². The number of likely N-dealkylation sites (tertiary alicyclic amines) is 2. The minimum atomic E-state index is -4.37. The number of ketones is 1. The van der Waals surface area contributed by atoms with Gasteiger partial charge < -0.3 is 35.3 Å². The Labute approximate surface area is 461 Å². The van der Waals surface area contributed by atoms with Gasteiger partial charge in [0.1, 0.15) is 23.7 Å². The third-order valence-corrected chi connectivity index (χ3v) is 17.8. The number of β-amino-alcohol motifs (C(OH)–C–C–N with tert-alkyl or cyclic N) is 1. The van der Waals surface area contributed by atoms with Crippen LogP contribution in [0.5, 0.6) is 0 Å². The number of aryl methyl sites for hydroxylation is 1. The number of thiazole rings is 1. The molecule has 4 fully saturated rings. The minimum Gasteiger partial charge on any atom is -0.391 e. The number of halogens is 3. The van der Waals surface area contributed by atoms with Crippen molar-refractivity contribution in [1.29, 1.82) is 0 Å². The third-order valence-electron chi connectivity index (χ3n) is 15.3. The number of carbonyl (C=O) groups excluding carboxylic acids is 3. The summed E-state index contributed by atoms with van der Waals surface area (Å²) in [4.78, 5) is 60.2. The topological polar surface area (TPSA) is 205 Å². The molecule has 10 rings (SSSR count). The molecule has 0 aliphatic carbocycles. The van der Waals surface area contributed by atoms with Gasteiger partial charge in [-0.3, -0.25) is 24.0 Å². The molecule has 3 aromatic heterocycles. The first-order valence-electron chi connectivity index (χ1n) is 26.5. The van der Waals surface area contributed by atoms with Gasteiger partial charge in [0, 0.05) is 106 Å². The summed E-state index contributed by atoms with van der Waals surface area (Å²) in [5, 5.41) is 17.5. The molecule has 5 N–H and O–H groups in total. The number of amides is 2. The van der Waals surface area contributed by atoms with Crippen LogP contribution in [0.4, 0.5) is 24.5 Å². The van der Waals surface area contributed by atoms with Gasteiger partial charge in [0.2, 0.25) is 17.6 Å². The molecule has 4 aliphatic rings. The summed E-state index contributed by atoms with van der Waals surface area (Å²) < 4.78 is 79.4. The number of aromatic amines is 1. The zero-order valence-electron chi connectivity index (χ0n) is 44.5. The zero-order valence-corrected chi connectivity index (χ0v) is 46.1. The Hall–Kier alpha value is -6.69. The summed E-state index contributed by atoms with van der Waals surface area (Å²) in [7, 11) is -4.37. The van der Waals surface area contributed by atoms with Crippen molar-refractivity contribution in [2.45, 2.75) is 84.0 Å². The number of fused-ring (bicyclic) bond motifs is 1. The molecule has 0 saturated carbocycles. The van der Waals surface area contributed by atoms with Gasteiger partial charge in [0.25, 0.3) is 0 Å². The second-order valence-electron chi connectivity index (χ2n) is 22.2. The van der Waals surface area contributed by atoms with Crippen LogP contribution in [-0.4, -0.2) is 150 Å². The highest BCUT2D eigenvalue weighted by Gasteiger charge is 2.43. The number of aromatic nitrogens is 3. The highest BCUT2D eigenvalue weighted by Crippen LogP contribution is 2.34. The van der Waals surface area contributed by atoms with Crippen LogP contribution in [0.15, 0.2) is 96.9 Å².